The second-order valence-corrected chi connectivity index (χ2v) is 3.23. The zero-order valence-electron chi connectivity index (χ0n) is 9.29. The van der Waals surface area contributed by atoms with Crippen LogP contribution in [0.4, 0.5) is 5.82 Å². The fraction of sp³-hybridized carbons (Fsp3) is 0.556. The molecule has 1 aromatic rings. The summed E-state index contributed by atoms with van der Waals surface area (Å²) in [5, 5.41) is 10.4. The van der Waals surface area contributed by atoms with Crippen LogP contribution in [0, 0.1) is 10.1 Å². The smallest absolute Gasteiger partial charge is 0.358 e. The molecule has 0 aromatic carbocycles. The maximum absolute atomic E-state index is 11.7. The van der Waals surface area contributed by atoms with E-state index in [9.17, 15) is 14.9 Å². The zero-order valence-corrected chi connectivity index (χ0v) is 9.29. The van der Waals surface area contributed by atoms with E-state index in [1.165, 1.54) is 17.1 Å². The van der Waals surface area contributed by atoms with Crippen molar-refractivity contribution in [3.8, 4) is 0 Å². The number of nitro groups is 1. The third-order valence-corrected chi connectivity index (χ3v) is 2.24. The van der Waals surface area contributed by atoms with E-state index in [1.807, 2.05) is 13.8 Å². The quantitative estimate of drug-likeness (QED) is 0.545. The second kappa shape index (κ2) is 5.24. The highest BCUT2D eigenvalue weighted by Gasteiger charge is 2.14. The molecule has 16 heavy (non-hydrogen) atoms. The molecule has 0 bridgehead atoms. The molecular formula is C9H14N4O3. The molecule has 0 atom stereocenters. The molecule has 1 amide bonds. The van der Waals surface area contributed by atoms with Crippen LogP contribution in [-0.4, -0.2) is 38.4 Å². The van der Waals surface area contributed by atoms with Crippen LogP contribution in [0.3, 0.4) is 0 Å². The Hall–Kier alpha value is -1.92. The Kier molecular flexibility index (Phi) is 3.98. The van der Waals surface area contributed by atoms with Gasteiger partial charge in [-0.2, -0.15) is 0 Å². The van der Waals surface area contributed by atoms with Gasteiger partial charge < -0.3 is 19.6 Å². The molecule has 0 N–H and O–H groups in total. The van der Waals surface area contributed by atoms with E-state index < -0.39 is 4.92 Å². The molecule has 0 fully saturated rings. The number of amides is 1. The summed E-state index contributed by atoms with van der Waals surface area (Å²) in [6.07, 6.45) is 2.54. The first-order valence-corrected chi connectivity index (χ1v) is 5.02. The van der Waals surface area contributed by atoms with Gasteiger partial charge in [-0.15, -0.1) is 0 Å². The lowest BCUT2D eigenvalue weighted by molar-refractivity contribution is -0.389. The number of hydrogen-bond donors (Lipinski definition) is 0. The second-order valence-electron chi connectivity index (χ2n) is 3.23. The van der Waals surface area contributed by atoms with Crippen molar-refractivity contribution >= 4 is 11.7 Å². The summed E-state index contributed by atoms with van der Waals surface area (Å²) < 4.78 is 1.42. The van der Waals surface area contributed by atoms with E-state index in [1.54, 1.807) is 4.90 Å². The highest BCUT2D eigenvalue weighted by molar-refractivity contribution is 5.75. The number of carbonyl (C=O) groups excluding carboxylic acids is 1. The van der Waals surface area contributed by atoms with Crippen molar-refractivity contribution < 1.29 is 9.72 Å². The average molecular weight is 226 g/mol. The monoisotopic (exact) mass is 226 g/mol. The fourth-order valence-corrected chi connectivity index (χ4v) is 1.36. The minimum atomic E-state index is -0.585. The summed E-state index contributed by atoms with van der Waals surface area (Å²) in [5.74, 6) is -0.315. The third-order valence-electron chi connectivity index (χ3n) is 2.24. The molecule has 0 saturated heterocycles. The van der Waals surface area contributed by atoms with Crippen LogP contribution < -0.4 is 0 Å². The molecule has 0 saturated carbocycles. The highest BCUT2D eigenvalue weighted by atomic mass is 16.6. The van der Waals surface area contributed by atoms with Crippen molar-refractivity contribution in [3.05, 3.63) is 22.6 Å². The fourth-order valence-electron chi connectivity index (χ4n) is 1.36. The van der Waals surface area contributed by atoms with Gasteiger partial charge in [0.15, 0.2) is 0 Å². The van der Waals surface area contributed by atoms with Gasteiger partial charge in [0, 0.05) is 13.1 Å². The molecule has 1 aromatic heterocycles. The SMILES string of the molecule is CCN(CC)C(=O)Cn1cnc([N+](=O)[O-])c1. The Morgan fingerprint density at radius 1 is 1.56 bits per heavy atom. The molecule has 0 radical (unpaired) electrons. The molecule has 7 nitrogen and oxygen atoms in total. The lowest BCUT2D eigenvalue weighted by atomic mass is 10.4. The van der Waals surface area contributed by atoms with E-state index in [0.29, 0.717) is 13.1 Å². The van der Waals surface area contributed by atoms with Gasteiger partial charge in [0.1, 0.15) is 12.7 Å². The number of carbonyl (C=O) groups is 1. The van der Waals surface area contributed by atoms with E-state index in [2.05, 4.69) is 4.98 Å². The van der Waals surface area contributed by atoms with Crippen molar-refractivity contribution in [3.63, 3.8) is 0 Å². The Morgan fingerprint density at radius 2 is 2.19 bits per heavy atom. The van der Waals surface area contributed by atoms with E-state index in [-0.39, 0.29) is 18.3 Å². The van der Waals surface area contributed by atoms with Gasteiger partial charge in [0.2, 0.25) is 12.2 Å². The van der Waals surface area contributed by atoms with Gasteiger partial charge in [0.25, 0.3) is 0 Å². The summed E-state index contributed by atoms with van der Waals surface area (Å²) >= 11 is 0. The molecule has 0 unspecified atom stereocenters. The van der Waals surface area contributed by atoms with Crippen molar-refractivity contribution in [2.75, 3.05) is 13.1 Å². The lowest BCUT2D eigenvalue weighted by Gasteiger charge is -2.18. The van der Waals surface area contributed by atoms with E-state index >= 15 is 0 Å². The topological polar surface area (TPSA) is 81.3 Å². The first kappa shape index (κ1) is 12.2. The largest absolute Gasteiger partial charge is 0.381 e. The Morgan fingerprint density at radius 3 is 2.62 bits per heavy atom. The first-order chi connectivity index (χ1) is 7.58. The zero-order chi connectivity index (χ0) is 12.1. The number of imidazole rings is 1. The number of likely N-dealkylation sites (N-methyl/N-ethyl adjacent to an activating group) is 1. The summed E-state index contributed by atoms with van der Waals surface area (Å²) in [6.45, 7) is 5.12. The maximum atomic E-state index is 11.7. The molecule has 88 valence electrons. The molecule has 1 rings (SSSR count). The summed E-state index contributed by atoms with van der Waals surface area (Å²) in [4.78, 5) is 26.7. The summed E-state index contributed by atoms with van der Waals surface area (Å²) in [7, 11) is 0. The minimum absolute atomic E-state index is 0.0719. The molecule has 0 spiro atoms. The van der Waals surface area contributed by atoms with Crippen molar-refractivity contribution in [1.29, 1.82) is 0 Å². The molecule has 0 aliphatic heterocycles. The van der Waals surface area contributed by atoms with Crippen LogP contribution in [0.2, 0.25) is 0 Å². The van der Waals surface area contributed by atoms with Crippen LogP contribution in [0.5, 0.6) is 0 Å². The van der Waals surface area contributed by atoms with Gasteiger partial charge in [-0.05, 0) is 23.8 Å². The Labute approximate surface area is 92.8 Å². The number of hydrogen-bond acceptors (Lipinski definition) is 4. The molecule has 0 aliphatic carbocycles. The number of aromatic nitrogens is 2. The van der Waals surface area contributed by atoms with Crippen molar-refractivity contribution in [1.82, 2.24) is 14.5 Å². The number of nitrogens with zero attached hydrogens (tertiary/aromatic N) is 4. The van der Waals surface area contributed by atoms with Gasteiger partial charge in [-0.25, -0.2) is 0 Å². The Balaban J connectivity index is 2.65. The normalized spacial score (nSPS) is 10.1. The van der Waals surface area contributed by atoms with Crippen LogP contribution in [-0.2, 0) is 11.3 Å². The van der Waals surface area contributed by atoms with Crippen LogP contribution in [0.25, 0.3) is 0 Å². The van der Waals surface area contributed by atoms with Gasteiger partial charge in [-0.1, -0.05) is 0 Å². The first-order valence-electron chi connectivity index (χ1n) is 5.02. The predicted octanol–water partition coefficient (Wildman–Crippen LogP) is 0.660. The highest BCUT2D eigenvalue weighted by Crippen LogP contribution is 2.06. The minimum Gasteiger partial charge on any atom is -0.358 e. The van der Waals surface area contributed by atoms with Crippen molar-refractivity contribution in [2.45, 2.75) is 20.4 Å². The summed E-state index contributed by atoms with van der Waals surface area (Å²) in [6, 6.07) is 0. The summed E-state index contributed by atoms with van der Waals surface area (Å²) in [5.41, 5.74) is 0. The standard InChI is InChI=1S/C9H14N4O3/c1-3-12(4-2)9(14)6-11-5-8(10-7-11)13(15)16/h5,7H,3-4,6H2,1-2H3. The van der Waals surface area contributed by atoms with Gasteiger partial charge in [0.05, 0.1) is 0 Å². The molecular weight excluding hydrogens is 212 g/mol. The van der Waals surface area contributed by atoms with Crippen LogP contribution in [0.1, 0.15) is 13.8 Å². The number of rotatable bonds is 5. The predicted molar refractivity (Wildman–Crippen MR) is 56.8 cm³/mol. The van der Waals surface area contributed by atoms with Gasteiger partial charge >= 0.3 is 5.82 Å². The van der Waals surface area contributed by atoms with E-state index in [0.717, 1.165) is 0 Å². The third kappa shape index (κ3) is 2.78. The maximum Gasteiger partial charge on any atom is 0.381 e. The molecule has 7 heteroatoms. The van der Waals surface area contributed by atoms with Crippen molar-refractivity contribution in [2.24, 2.45) is 0 Å². The average Bonchev–Trinajstić information content (AvgIpc) is 2.68. The van der Waals surface area contributed by atoms with E-state index in [4.69, 9.17) is 0 Å². The molecule has 0 aliphatic rings. The lowest BCUT2D eigenvalue weighted by Crippen LogP contribution is -2.33. The Bertz CT molecular complexity index is 384. The van der Waals surface area contributed by atoms with Crippen LogP contribution >= 0.6 is 0 Å². The van der Waals surface area contributed by atoms with Crippen LogP contribution in [0.15, 0.2) is 12.5 Å². The molecule has 1 heterocycles. The van der Waals surface area contributed by atoms with Gasteiger partial charge in [-0.3, -0.25) is 4.79 Å².